The first-order chi connectivity index (χ1) is 7.61. The Morgan fingerprint density at radius 1 is 1.06 bits per heavy atom. The third kappa shape index (κ3) is 2.17. The van der Waals surface area contributed by atoms with E-state index in [1.807, 2.05) is 26.0 Å². The van der Waals surface area contributed by atoms with E-state index in [4.69, 9.17) is 6.42 Å². The molecule has 0 unspecified atom stereocenters. The van der Waals surface area contributed by atoms with Gasteiger partial charge >= 0.3 is 0 Å². The normalized spacial score (nSPS) is 11.1. The Kier molecular flexibility index (Phi) is 2.58. The summed E-state index contributed by atoms with van der Waals surface area (Å²) in [6, 6.07) is 14.6. The highest BCUT2D eigenvalue weighted by Crippen LogP contribution is 2.21. The molecule has 2 aromatic carbocycles. The van der Waals surface area contributed by atoms with Crippen molar-refractivity contribution in [2.75, 3.05) is 5.32 Å². The fourth-order valence-electron chi connectivity index (χ4n) is 1.66. The molecule has 0 amide bonds. The zero-order valence-electron chi connectivity index (χ0n) is 9.62. The topological polar surface area (TPSA) is 12.0 Å². The number of anilines is 1. The molecule has 0 aliphatic rings. The maximum absolute atomic E-state index is 5.45. The number of terminal acetylenes is 1. The molecule has 0 aliphatic carbocycles. The van der Waals surface area contributed by atoms with Gasteiger partial charge in [-0.1, -0.05) is 36.3 Å². The van der Waals surface area contributed by atoms with Gasteiger partial charge in [0.1, 0.15) is 0 Å². The van der Waals surface area contributed by atoms with Crippen LogP contribution in [0, 0.1) is 12.3 Å². The van der Waals surface area contributed by atoms with Gasteiger partial charge < -0.3 is 5.32 Å². The second-order valence-corrected chi connectivity index (χ2v) is 4.46. The zero-order valence-corrected chi connectivity index (χ0v) is 9.62. The number of hydrogen-bond donors (Lipinski definition) is 1. The van der Waals surface area contributed by atoms with E-state index < -0.39 is 0 Å². The molecule has 16 heavy (non-hydrogen) atoms. The third-order valence-electron chi connectivity index (χ3n) is 2.57. The van der Waals surface area contributed by atoms with Crippen molar-refractivity contribution in [2.24, 2.45) is 0 Å². The minimum atomic E-state index is -0.317. The maximum Gasteiger partial charge on any atom is 0.0927 e. The fraction of sp³-hybridized carbons (Fsp3) is 0.200. The van der Waals surface area contributed by atoms with Crippen LogP contribution >= 0.6 is 0 Å². The van der Waals surface area contributed by atoms with Gasteiger partial charge in [0.25, 0.3) is 0 Å². The SMILES string of the molecule is C#CC(C)(C)Nc1ccc2ccccc2c1. The van der Waals surface area contributed by atoms with Gasteiger partial charge in [0, 0.05) is 5.69 Å². The van der Waals surface area contributed by atoms with Gasteiger partial charge in [0.2, 0.25) is 0 Å². The van der Waals surface area contributed by atoms with E-state index in [9.17, 15) is 0 Å². The van der Waals surface area contributed by atoms with E-state index in [0.29, 0.717) is 0 Å². The summed E-state index contributed by atoms with van der Waals surface area (Å²) < 4.78 is 0. The minimum Gasteiger partial charge on any atom is -0.370 e. The lowest BCUT2D eigenvalue weighted by molar-refractivity contribution is 0.742. The van der Waals surface area contributed by atoms with Gasteiger partial charge in [0.05, 0.1) is 5.54 Å². The lowest BCUT2D eigenvalue weighted by Gasteiger charge is -2.21. The fourth-order valence-corrected chi connectivity index (χ4v) is 1.66. The van der Waals surface area contributed by atoms with Crippen molar-refractivity contribution in [3.63, 3.8) is 0 Å². The summed E-state index contributed by atoms with van der Waals surface area (Å²) >= 11 is 0. The lowest BCUT2D eigenvalue weighted by Crippen LogP contribution is -2.28. The van der Waals surface area contributed by atoms with Crippen LogP contribution in [-0.4, -0.2) is 5.54 Å². The van der Waals surface area contributed by atoms with Crippen LogP contribution in [0.15, 0.2) is 42.5 Å². The van der Waals surface area contributed by atoms with Gasteiger partial charge in [-0.15, -0.1) is 6.42 Å². The smallest absolute Gasteiger partial charge is 0.0927 e. The number of rotatable bonds is 2. The van der Waals surface area contributed by atoms with Crippen LogP contribution in [0.25, 0.3) is 10.8 Å². The first-order valence-electron chi connectivity index (χ1n) is 5.35. The third-order valence-corrected chi connectivity index (χ3v) is 2.57. The second-order valence-electron chi connectivity index (χ2n) is 4.46. The van der Waals surface area contributed by atoms with Crippen LogP contribution in [0.2, 0.25) is 0 Å². The first kappa shape index (κ1) is 10.6. The molecule has 1 N–H and O–H groups in total. The largest absolute Gasteiger partial charge is 0.370 e. The lowest BCUT2D eigenvalue weighted by atomic mass is 10.1. The predicted octanol–water partition coefficient (Wildman–Crippen LogP) is 3.66. The maximum atomic E-state index is 5.45. The molecule has 0 aliphatic heterocycles. The molecule has 0 fully saturated rings. The summed E-state index contributed by atoms with van der Waals surface area (Å²) in [5, 5.41) is 5.79. The predicted molar refractivity (Wildman–Crippen MR) is 70.5 cm³/mol. The molecule has 1 heteroatoms. The van der Waals surface area contributed by atoms with Crippen molar-refractivity contribution in [3.05, 3.63) is 42.5 Å². The molecule has 0 spiro atoms. The monoisotopic (exact) mass is 209 g/mol. The highest BCUT2D eigenvalue weighted by molar-refractivity contribution is 5.85. The summed E-state index contributed by atoms with van der Waals surface area (Å²) in [5.74, 6) is 2.73. The summed E-state index contributed by atoms with van der Waals surface area (Å²) in [6.45, 7) is 3.98. The number of benzene rings is 2. The quantitative estimate of drug-likeness (QED) is 0.744. The average Bonchev–Trinajstić information content (AvgIpc) is 2.28. The van der Waals surface area contributed by atoms with Crippen LogP contribution < -0.4 is 5.32 Å². The Bertz CT molecular complexity index is 547. The van der Waals surface area contributed by atoms with Gasteiger partial charge in [-0.25, -0.2) is 0 Å². The molecule has 1 nitrogen and oxygen atoms in total. The van der Waals surface area contributed by atoms with Crippen molar-refractivity contribution in [2.45, 2.75) is 19.4 Å². The molecule has 0 saturated heterocycles. The van der Waals surface area contributed by atoms with E-state index >= 15 is 0 Å². The molecule has 80 valence electrons. The van der Waals surface area contributed by atoms with E-state index in [-0.39, 0.29) is 5.54 Å². The summed E-state index contributed by atoms with van der Waals surface area (Å²) in [4.78, 5) is 0. The van der Waals surface area contributed by atoms with Crippen molar-refractivity contribution >= 4 is 16.5 Å². The highest BCUT2D eigenvalue weighted by atomic mass is 14.9. The number of fused-ring (bicyclic) bond motifs is 1. The van der Waals surface area contributed by atoms with E-state index in [2.05, 4.69) is 41.6 Å². The van der Waals surface area contributed by atoms with Crippen molar-refractivity contribution in [3.8, 4) is 12.3 Å². The van der Waals surface area contributed by atoms with E-state index in [0.717, 1.165) is 5.69 Å². The minimum absolute atomic E-state index is 0.317. The van der Waals surface area contributed by atoms with Gasteiger partial charge in [0.15, 0.2) is 0 Å². The van der Waals surface area contributed by atoms with Crippen LogP contribution in [-0.2, 0) is 0 Å². The van der Waals surface area contributed by atoms with Crippen LogP contribution in [0.1, 0.15) is 13.8 Å². The number of hydrogen-bond acceptors (Lipinski definition) is 1. The summed E-state index contributed by atoms with van der Waals surface area (Å²) in [5.41, 5.74) is 0.740. The van der Waals surface area contributed by atoms with Crippen LogP contribution in [0.5, 0.6) is 0 Å². The Labute approximate surface area is 96.5 Å². The van der Waals surface area contributed by atoms with E-state index in [1.54, 1.807) is 0 Å². The van der Waals surface area contributed by atoms with Gasteiger partial charge in [-0.2, -0.15) is 0 Å². The first-order valence-corrected chi connectivity index (χ1v) is 5.35. The highest BCUT2D eigenvalue weighted by Gasteiger charge is 2.12. The Morgan fingerprint density at radius 2 is 1.75 bits per heavy atom. The van der Waals surface area contributed by atoms with Gasteiger partial charge in [-0.3, -0.25) is 0 Å². The Morgan fingerprint density at radius 3 is 2.44 bits per heavy atom. The molecule has 2 aromatic rings. The van der Waals surface area contributed by atoms with Crippen LogP contribution in [0.3, 0.4) is 0 Å². The molecule has 0 aromatic heterocycles. The molecule has 0 saturated carbocycles. The molecular formula is C15H15N. The van der Waals surface area contributed by atoms with Crippen molar-refractivity contribution in [1.82, 2.24) is 0 Å². The van der Waals surface area contributed by atoms with Crippen LogP contribution in [0.4, 0.5) is 5.69 Å². The Balaban J connectivity index is 2.37. The summed E-state index contributed by atoms with van der Waals surface area (Å²) in [6.07, 6.45) is 5.45. The van der Waals surface area contributed by atoms with Gasteiger partial charge in [-0.05, 0) is 36.8 Å². The molecule has 2 rings (SSSR count). The Hall–Kier alpha value is -1.94. The molecule has 0 bridgehead atoms. The van der Waals surface area contributed by atoms with E-state index in [1.165, 1.54) is 10.8 Å². The zero-order chi connectivity index (χ0) is 11.6. The number of nitrogens with one attached hydrogen (secondary N) is 1. The van der Waals surface area contributed by atoms with Crippen molar-refractivity contribution in [1.29, 1.82) is 0 Å². The molecule has 0 heterocycles. The molecule has 0 radical (unpaired) electrons. The average molecular weight is 209 g/mol. The molecular weight excluding hydrogens is 194 g/mol. The summed E-state index contributed by atoms with van der Waals surface area (Å²) in [7, 11) is 0. The van der Waals surface area contributed by atoms with Crippen molar-refractivity contribution < 1.29 is 0 Å². The standard InChI is InChI=1S/C15H15N/c1-4-15(2,3)16-14-10-9-12-7-5-6-8-13(12)11-14/h1,5-11,16H,2-3H3. The molecule has 0 atom stereocenters. The second kappa shape index (κ2) is 3.90.